The van der Waals surface area contributed by atoms with Crippen molar-refractivity contribution < 1.29 is 9.53 Å². The van der Waals surface area contributed by atoms with Gasteiger partial charge in [-0.1, -0.05) is 48.5 Å². The number of carbonyl (C=O) groups is 1. The molecule has 3 aromatic rings. The van der Waals surface area contributed by atoms with Crippen molar-refractivity contribution in [1.82, 2.24) is 0 Å². The first-order chi connectivity index (χ1) is 12.3. The first kappa shape index (κ1) is 15.3. The van der Waals surface area contributed by atoms with Gasteiger partial charge in [-0.05, 0) is 30.3 Å². The summed E-state index contributed by atoms with van der Waals surface area (Å²) in [6, 6.07) is 25.0. The minimum Gasteiger partial charge on any atom is -0.496 e. The standard InChI is InChI=1S/C21H18N2O2/c1-25-19-14-8-6-12-17(19)20-22-18-13-7-5-11-16(18)21(24)23(20)15-9-3-2-4-10-15/h2-14,20,22H,1H3. The lowest BCUT2D eigenvalue weighted by Gasteiger charge is -2.38. The number of para-hydroxylation sites is 3. The zero-order valence-corrected chi connectivity index (χ0v) is 13.8. The minimum atomic E-state index is -0.346. The van der Waals surface area contributed by atoms with Crippen LogP contribution >= 0.6 is 0 Å². The Labute approximate surface area is 146 Å². The van der Waals surface area contributed by atoms with E-state index in [9.17, 15) is 4.79 Å². The van der Waals surface area contributed by atoms with E-state index in [1.807, 2.05) is 78.9 Å². The van der Waals surface area contributed by atoms with E-state index in [1.54, 1.807) is 12.0 Å². The lowest BCUT2D eigenvalue weighted by atomic mass is 10.0. The number of fused-ring (bicyclic) bond motifs is 1. The number of benzene rings is 3. The highest BCUT2D eigenvalue weighted by atomic mass is 16.5. The molecular weight excluding hydrogens is 312 g/mol. The van der Waals surface area contributed by atoms with Crippen LogP contribution in [0.3, 0.4) is 0 Å². The number of ether oxygens (including phenoxy) is 1. The first-order valence-corrected chi connectivity index (χ1v) is 8.16. The van der Waals surface area contributed by atoms with Crippen LogP contribution in [0.5, 0.6) is 5.75 Å². The smallest absolute Gasteiger partial charge is 0.262 e. The Morgan fingerprint density at radius 1 is 0.880 bits per heavy atom. The third-order valence-electron chi connectivity index (χ3n) is 4.39. The summed E-state index contributed by atoms with van der Waals surface area (Å²) in [6.45, 7) is 0. The molecule has 1 aliphatic rings. The first-order valence-electron chi connectivity index (χ1n) is 8.16. The lowest BCUT2D eigenvalue weighted by Crippen LogP contribution is -2.43. The number of hydrogen-bond donors (Lipinski definition) is 1. The summed E-state index contributed by atoms with van der Waals surface area (Å²) in [7, 11) is 1.64. The molecule has 0 saturated carbocycles. The van der Waals surface area contributed by atoms with Crippen molar-refractivity contribution in [2.45, 2.75) is 6.17 Å². The molecule has 0 radical (unpaired) electrons. The molecule has 4 nitrogen and oxygen atoms in total. The Bertz CT molecular complexity index is 909. The van der Waals surface area contributed by atoms with Gasteiger partial charge in [0.05, 0.1) is 12.7 Å². The number of methoxy groups -OCH3 is 1. The van der Waals surface area contributed by atoms with E-state index >= 15 is 0 Å². The highest BCUT2D eigenvalue weighted by molar-refractivity contribution is 6.12. The molecule has 1 aliphatic heterocycles. The van der Waals surface area contributed by atoms with E-state index in [2.05, 4.69) is 5.32 Å². The predicted molar refractivity (Wildman–Crippen MR) is 99.1 cm³/mol. The third kappa shape index (κ3) is 2.62. The summed E-state index contributed by atoms with van der Waals surface area (Å²) in [6.07, 6.45) is -0.346. The topological polar surface area (TPSA) is 41.6 Å². The molecule has 0 spiro atoms. The number of carbonyl (C=O) groups excluding carboxylic acids is 1. The molecule has 1 heterocycles. The number of amides is 1. The van der Waals surface area contributed by atoms with Crippen molar-refractivity contribution in [2.75, 3.05) is 17.3 Å². The van der Waals surface area contributed by atoms with Crippen molar-refractivity contribution in [2.24, 2.45) is 0 Å². The highest BCUT2D eigenvalue weighted by Gasteiger charge is 2.35. The van der Waals surface area contributed by atoms with E-state index in [1.165, 1.54) is 0 Å². The Kier molecular flexibility index (Phi) is 3.86. The second-order valence-electron chi connectivity index (χ2n) is 5.85. The molecule has 124 valence electrons. The molecule has 25 heavy (non-hydrogen) atoms. The molecule has 4 heteroatoms. The van der Waals surface area contributed by atoms with Gasteiger partial charge in [-0.25, -0.2) is 0 Å². The molecule has 1 atom stereocenters. The second-order valence-corrected chi connectivity index (χ2v) is 5.85. The molecule has 0 fully saturated rings. The fraction of sp³-hybridized carbons (Fsp3) is 0.0952. The van der Waals surface area contributed by atoms with Crippen LogP contribution in [0.1, 0.15) is 22.1 Å². The molecule has 0 aliphatic carbocycles. The minimum absolute atomic E-state index is 0.0311. The van der Waals surface area contributed by atoms with Crippen LogP contribution in [-0.4, -0.2) is 13.0 Å². The molecule has 3 aromatic carbocycles. The lowest BCUT2D eigenvalue weighted by molar-refractivity contribution is 0.0974. The Morgan fingerprint density at radius 3 is 2.36 bits per heavy atom. The van der Waals surface area contributed by atoms with Crippen molar-refractivity contribution in [3.63, 3.8) is 0 Å². The molecule has 0 aromatic heterocycles. The van der Waals surface area contributed by atoms with Crippen LogP contribution in [0.25, 0.3) is 0 Å². The van der Waals surface area contributed by atoms with Gasteiger partial charge in [0.1, 0.15) is 11.9 Å². The quantitative estimate of drug-likeness (QED) is 0.770. The van der Waals surface area contributed by atoms with Gasteiger partial charge in [0, 0.05) is 16.9 Å². The van der Waals surface area contributed by atoms with Crippen molar-refractivity contribution in [3.8, 4) is 5.75 Å². The van der Waals surface area contributed by atoms with Crippen LogP contribution in [0.4, 0.5) is 11.4 Å². The summed E-state index contributed by atoms with van der Waals surface area (Å²) in [4.78, 5) is 15.0. The molecule has 1 amide bonds. The molecule has 4 rings (SSSR count). The monoisotopic (exact) mass is 330 g/mol. The maximum absolute atomic E-state index is 13.2. The number of nitrogens with one attached hydrogen (secondary N) is 1. The Balaban J connectivity index is 1.89. The van der Waals surface area contributed by atoms with Gasteiger partial charge in [0.2, 0.25) is 0 Å². The summed E-state index contributed by atoms with van der Waals surface area (Å²) in [5.74, 6) is 0.713. The molecular formula is C21H18N2O2. The molecule has 0 saturated heterocycles. The maximum atomic E-state index is 13.2. The molecule has 1 N–H and O–H groups in total. The Morgan fingerprint density at radius 2 is 1.56 bits per heavy atom. The average molecular weight is 330 g/mol. The maximum Gasteiger partial charge on any atom is 0.262 e. The summed E-state index contributed by atoms with van der Waals surface area (Å²) < 4.78 is 5.53. The van der Waals surface area contributed by atoms with E-state index in [0.717, 1.165) is 22.7 Å². The number of hydrogen-bond acceptors (Lipinski definition) is 3. The van der Waals surface area contributed by atoms with Crippen LogP contribution in [0.15, 0.2) is 78.9 Å². The highest BCUT2D eigenvalue weighted by Crippen LogP contribution is 2.39. The van der Waals surface area contributed by atoms with E-state index in [0.29, 0.717) is 5.56 Å². The van der Waals surface area contributed by atoms with Gasteiger partial charge in [-0.3, -0.25) is 9.69 Å². The fourth-order valence-corrected chi connectivity index (χ4v) is 3.22. The average Bonchev–Trinajstić information content (AvgIpc) is 2.68. The molecule has 1 unspecified atom stereocenters. The third-order valence-corrected chi connectivity index (χ3v) is 4.39. The fourth-order valence-electron chi connectivity index (χ4n) is 3.22. The Hall–Kier alpha value is -3.27. The zero-order valence-electron chi connectivity index (χ0n) is 13.8. The van der Waals surface area contributed by atoms with Crippen molar-refractivity contribution >= 4 is 17.3 Å². The van der Waals surface area contributed by atoms with Gasteiger partial charge < -0.3 is 10.1 Å². The van der Waals surface area contributed by atoms with E-state index < -0.39 is 0 Å². The van der Waals surface area contributed by atoms with Gasteiger partial charge in [-0.15, -0.1) is 0 Å². The van der Waals surface area contributed by atoms with E-state index in [-0.39, 0.29) is 12.1 Å². The van der Waals surface area contributed by atoms with Crippen molar-refractivity contribution in [3.05, 3.63) is 90.0 Å². The van der Waals surface area contributed by atoms with Gasteiger partial charge in [0.25, 0.3) is 5.91 Å². The van der Waals surface area contributed by atoms with Gasteiger partial charge in [-0.2, -0.15) is 0 Å². The number of nitrogens with zero attached hydrogens (tertiary/aromatic N) is 1. The second kappa shape index (κ2) is 6.32. The van der Waals surface area contributed by atoms with Crippen molar-refractivity contribution in [1.29, 1.82) is 0 Å². The van der Waals surface area contributed by atoms with Crippen LogP contribution < -0.4 is 15.0 Å². The summed E-state index contributed by atoms with van der Waals surface area (Å²) in [5.41, 5.74) is 3.25. The summed E-state index contributed by atoms with van der Waals surface area (Å²) in [5, 5.41) is 3.49. The SMILES string of the molecule is COc1ccccc1C1Nc2ccccc2C(=O)N1c1ccccc1. The van der Waals surface area contributed by atoms with E-state index in [4.69, 9.17) is 4.74 Å². The number of rotatable bonds is 3. The van der Waals surface area contributed by atoms with Gasteiger partial charge >= 0.3 is 0 Å². The predicted octanol–water partition coefficient (Wildman–Crippen LogP) is 4.47. The van der Waals surface area contributed by atoms with Gasteiger partial charge in [0.15, 0.2) is 0 Å². The number of anilines is 2. The van der Waals surface area contributed by atoms with Crippen LogP contribution in [0, 0.1) is 0 Å². The molecule has 0 bridgehead atoms. The van der Waals surface area contributed by atoms with Crippen LogP contribution in [-0.2, 0) is 0 Å². The summed E-state index contributed by atoms with van der Waals surface area (Å²) >= 11 is 0. The van der Waals surface area contributed by atoms with Crippen LogP contribution in [0.2, 0.25) is 0 Å². The zero-order chi connectivity index (χ0) is 17.2. The largest absolute Gasteiger partial charge is 0.496 e. The normalized spacial score (nSPS) is 16.1.